The molecular weight excluding hydrogens is 310 g/mol. The quantitative estimate of drug-likeness (QED) is 0.864. The smallest absolute Gasteiger partial charge is 0.243 e. The highest BCUT2D eigenvalue weighted by Crippen LogP contribution is 2.27. The van der Waals surface area contributed by atoms with Crippen molar-refractivity contribution >= 4 is 26.6 Å². The maximum atomic E-state index is 12.8. The minimum absolute atomic E-state index is 0.181. The Hall–Kier alpha value is -1.72. The molecule has 1 heterocycles. The van der Waals surface area contributed by atoms with Crippen molar-refractivity contribution in [1.82, 2.24) is 4.31 Å². The molecule has 1 aliphatic heterocycles. The Balaban J connectivity index is 1.79. The zero-order valence-corrected chi connectivity index (χ0v) is 14.1. The highest BCUT2D eigenvalue weighted by molar-refractivity contribution is 7.89. The van der Waals surface area contributed by atoms with E-state index in [0.29, 0.717) is 30.3 Å². The van der Waals surface area contributed by atoms with Crippen LogP contribution in [-0.2, 0) is 14.8 Å². The van der Waals surface area contributed by atoms with Crippen molar-refractivity contribution in [3.05, 3.63) is 42.5 Å². The number of rotatable bonds is 4. The van der Waals surface area contributed by atoms with Gasteiger partial charge >= 0.3 is 0 Å². The SMILES string of the molecule is CC(=O)CC1CCN(S(=O)(=O)c2ccc3ccccc3c2)CC1. The molecule has 0 spiro atoms. The molecule has 1 saturated heterocycles. The van der Waals surface area contributed by atoms with Crippen LogP contribution >= 0.6 is 0 Å². The van der Waals surface area contributed by atoms with Crippen molar-refractivity contribution in [2.24, 2.45) is 5.92 Å². The second-order valence-corrected chi connectivity index (χ2v) is 8.20. The summed E-state index contributed by atoms with van der Waals surface area (Å²) in [6.07, 6.45) is 2.07. The number of carbonyl (C=O) groups excluding carboxylic acids is 1. The summed E-state index contributed by atoms with van der Waals surface area (Å²) in [5.74, 6) is 0.497. The standard InChI is InChI=1S/C18H21NO3S/c1-14(20)12-15-8-10-19(11-9-15)23(21,22)18-7-6-16-4-2-3-5-17(16)13-18/h2-7,13,15H,8-12H2,1H3. The monoisotopic (exact) mass is 331 g/mol. The summed E-state index contributed by atoms with van der Waals surface area (Å²) in [5.41, 5.74) is 0. The average molecular weight is 331 g/mol. The molecule has 0 saturated carbocycles. The molecule has 23 heavy (non-hydrogen) atoms. The molecule has 0 N–H and O–H groups in total. The number of hydrogen-bond acceptors (Lipinski definition) is 3. The molecule has 122 valence electrons. The fourth-order valence-electron chi connectivity index (χ4n) is 3.24. The molecule has 1 aliphatic rings. The zero-order valence-electron chi connectivity index (χ0n) is 13.2. The second kappa shape index (κ2) is 6.42. The van der Waals surface area contributed by atoms with Crippen molar-refractivity contribution in [2.75, 3.05) is 13.1 Å². The summed E-state index contributed by atoms with van der Waals surface area (Å²) in [6, 6.07) is 13.0. The lowest BCUT2D eigenvalue weighted by Gasteiger charge is -2.30. The van der Waals surface area contributed by atoms with Crippen molar-refractivity contribution in [1.29, 1.82) is 0 Å². The van der Waals surface area contributed by atoms with Crippen LogP contribution in [0.1, 0.15) is 26.2 Å². The summed E-state index contributed by atoms with van der Waals surface area (Å²) in [5, 5.41) is 1.96. The zero-order chi connectivity index (χ0) is 16.4. The summed E-state index contributed by atoms with van der Waals surface area (Å²) in [6.45, 7) is 2.58. The van der Waals surface area contributed by atoms with Crippen LogP contribution < -0.4 is 0 Å². The molecule has 2 aromatic carbocycles. The van der Waals surface area contributed by atoms with Crippen molar-refractivity contribution in [3.63, 3.8) is 0 Å². The van der Waals surface area contributed by atoms with E-state index >= 15 is 0 Å². The molecular formula is C18H21NO3S. The van der Waals surface area contributed by atoms with Gasteiger partial charge in [0.1, 0.15) is 5.78 Å². The van der Waals surface area contributed by atoms with E-state index in [1.54, 1.807) is 23.4 Å². The Morgan fingerprint density at radius 2 is 1.74 bits per heavy atom. The van der Waals surface area contributed by atoms with E-state index in [2.05, 4.69) is 0 Å². The molecule has 5 heteroatoms. The fraction of sp³-hybridized carbons (Fsp3) is 0.389. The van der Waals surface area contributed by atoms with E-state index in [4.69, 9.17) is 0 Å². The van der Waals surface area contributed by atoms with Gasteiger partial charge in [0.05, 0.1) is 4.90 Å². The van der Waals surface area contributed by atoms with Crippen LogP contribution in [0.5, 0.6) is 0 Å². The van der Waals surface area contributed by atoms with Crippen LogP contribution in [0.3, 0.4) is 0 Å². The number of hydrogen-bond donors (Lipinski definition) is 0. The number of piperidine rings is 1. The number of benzene rings is 2. The van der Waals surface area contributed by atoms with Crippen LogP contribution in [0.25, 0.3) is 10.8 Å². The lowest BCUT2D eigenvalue weighted by Crippen LogP contribution is -2.38. The van der Waals surface area contributed by atoms with Gasteiger partial charge in [-0.25, -0.2) is 8.42 Å². The van der Waals surface area contributed by atoms with Crippen molar-refractivity contribution in [3.8, 4) is 0 Å². The second-order valence-electron chi connectivity index (χ2n) is 6.26. The van der Waals surface area contributed by atoms with Gasteiger partial charge in [0.2, 0.25) is 10.0 Å². The van der Waals surface area contributed by atoms with Crippen LogP contribution in [-0.4, -0.2) is 31.6 Å². The Kier molecular flexibility index (Phi) is 4.50. The van der Waals surface area contributed by atoms with E-state index in [0.717, 1.165) is 23.6 Å². The first kappa shape index (κ1) is 16.1. The molecule has 0 aromatic heterocycles. The fourth-order valence-corrected chi connectivity index (χ4v) is 4.74. The number of Topliss-reactive ketones (excluding diaryl/α,β-unsaturated/α-hetero) is 1. The highest BCUT2D eigenvalue weighted by Gasteiger charge is 2.29. The van der Waals surface area contributed by atoms with E-state index in [1.165, 1.54) is 0 Å². The predicted octanol–water partition coefficient (Wildman–Crippen LogP) is 3.22. The first-order valence-electron chi connectivity index (χ1n) is 7.95. The Bertz CT molecular complexity index is 821. The van der Waals surface area contributed by atoms with Crippen molar-refractivity contribution in [2.45, 2.75) is 31.1 Å². The van der Waals surface area contributed by atoms with Gasteiger partial charge in [0, 0.05) is 19.5 Å². The molecule has 0 aliphatic carbocycles. The van der Waals surface area contributed by atoms with Crippen LogP contribution in [0.4, 0.5) is 0 Å². The van der Waals surface area contributed by atoms with E-state index in [-0.39, 0.29) is 5.78 Å². The minimum atomic E-state index is -3.46. The Labute approximate surface area is 137 Å². The lowest BCUT2D eigenvalue weighted by molar-refractivity contribution is -0.118. The van der Waals surface area contributed by atoms with Gasteiger partial charge in [0.15, 0.2) is 0 Å². The predicted molar refractivity (Wildman–Crippen MR) is 90.7 cm³/mol. The van der Waals surface area contributed by atoms with Crippen LogP contribution in [0, 0.1) is 5.92 Å². The Morgan fingerprint density at radius 1 is 1.09 bits per heavy atom. The van der Waals surface area contributed by atoms with Crippen LogP contribution in [0.15, 0.2) is 47.4 Å². The number of carbonyl (C=O) groups is 1. The topological polar surface area (TPSA) is 54.5 Å². The molecule has 0 unspecified atom stereocenters. The summed E-state index contributed by atoms with van der Waals surface area (Å²) in [4.78, 5) is 11.6. The first-order chi connectivity index (χ1) is 11.0. The minimum Gasteiger partial charge on any atom is -0.300 e. The van der Waals surface area contributed by atoms with Gasteiger partial charge in [-0.15, -0.1) is 0 Å². The molecule has 4 nitrogen and oxygen atoms in total. The van der Waals surface area contributed by atoms with Gasteiger partial charge < -0.3 is 4.79 Å². The van der Waals surface area contributed by atoms with E-state index in [9.17, 15) is 13.2 Å². The Morgan fingerprint density at radius 3 is 2.39 bits per heavy atom. The molecule has 0 radical (unpaired) electrons. The summed E-state index contributed by atoms with van der Waals surface area (Å²) >= 11 is 0. The molecule has 1 fully saturated rings. The normalized spacial score (nSPS) is 17.4. The molecule has 2 aromatic rings. The third kappa shape index (κ3) is 3.46. The molecule has 0 bridgehead atoms. The third-order valence-electron chi connectivity index (χ3n) is 4.51. The molecule has 3 rings (SSSR count). The summed E-state index contributed by atoms with van der Waals surface area (Å²) in [7, 11) is -3.46. The van der Waals surface area contributed by atoms with Crippen molar-refractivity contribution < 1.29 is 13.2 Å². The first-order valence-corrected chi connectivity index (χ1v) is 9.39. The van der Waals surface area contributed by atoms with Gasteiger partial charge in [-0.1, -0.05) is 30.3 Å². The van der Waals surface area contributed by atoms with Gasteiger partial charge in [-0.05, 0) is 48.6 Å². The number of sulfonamides is 1. The van der Waals surface area contributed by atoms with Crippen LogP contribution in [0.2, 0.25) is 0 Å². The lowest BCUT2D eigenvalue weighted by atomic mass is 9.93. The maximum absolute atomic E-state index is 12.8. The van der Waals surface area contributed by atoms with E-state index < -0.39 is 10.0 Å². The average Bonchev–Trinajstić information content (AvgIpc) is 2.54. The maximum Gasteiger partial charge on any atom is 0.243 e. The molecule has 0 atom stereocenters. The number of ketones is 1. The van der Waals surface area contributed by atoms with Gasteiger partial charge in [0.25, 0.3) is 0 Å². The highest BCUT2D eigenvalue weighted by atomic mass is 32.2. The summed E-state index contributed by atoms with van der Waals surface area (Å²) < 4.78 is 27.2. The largest absolute Gasteiger partial charge is 0.300 e. The number of fused-ring (bicyclic) bond motifs is 1. The van der Waals surface area contributed by atoms with Gasteiger partial charge in [-0.3, -0.25) is 0 Å². The number of nitrogens with zero attached hydrogens (tertiary/aromatic N) is 1. The van der Waals surface area contributed by atoms with Gasteiger partial charge in [-0.2, -0.15) is 4.31 Å². The molecule has 0 amide bonds. The van der Waals surface area contributed by atoms with E-state index in [1.807, 2.05) is 30.3 Å². The third-order valence-corrected chi connectivity index (χ3v) is 6.40.